The summed E-state index contributed by atoms with van der Waals surface area (Å²) in [5.41, 5.74) is 3.19. The maximum Gasteiger partial charge on any atom is 0.00102 e. The van der Waals surface area contributed by atoms with Crippen LogP contribution >= 0.6 is 0 Å². The van der Waals surface area contributed by atoms with Crippen LogP contribution in [0.25, 0.3) is 0 Å². The maximum atomic E-state index is 2.65. The number of benzene rings is 1. The van der Waals surface area contributed by atoms with E-state index in [-0.39, 0.29) is 31.4 Å². The molecule has 1 nitrogen and oxygen atoms in total. The SMILES string of the molecule is C.CC(Cc1ccc(C(C)(C)C)cc1)CN1CCCCC1.[V]. The average Bonchev–Trinajstić information content (AvgIpc) is 2.39. The zero-order valence-corrected chi connectivity index (χ0v) is 15.6. The third kappa shape index (κ3) is 6.90. The van der Waals surface area contributed by atoms with E-state index in [1.165, 1.54) is 56.4 Å². The maximum absolute atomic E-state index is 2.65. The van der Waals surface area contributed by atoms with Crippen molar-refractivity contribution in [3.05, 3.63) is 35.4 Å². The first-order chi connectivity index (χ1) is 9.45. The second-order valence-corrected chi connectivity index (χ2v) is 7.62. The van der Waals surface area contributed by atoms with Gasteiger partial charge in [0.1, 0.15) is 0 Å². The van der Waals surface area contributed by atoms with Gasteiger partial charge >= 0.3 is 0 Å². The van der Waals surface area contributed by atoms with Crippen molar-refractivity contribution in [3.8, 4) is 0 Å². The number of likely N-dealkylation sites (tertiary alicyclic amines) is 1. The molecule has 1 aliphatic heterocycles. The van der Waals surface area contributed by atoms with Gasteiger partial charge in [0.05, 0.1) is 0 Å². The van der Waals surface area contributed by atoms with Crippen molar-refractivity contribution in [3.63, 3.8) is 0 Å². The molecule has 2 heteroatoms. The van der Waals surface area contributed by atoms with Crippen LogP contribution in [0.4, 0.5) is 0 Å². The van der Waals surface area contributed by atoms with Crippen LogP contribution in [0.2, 0.25) is 0 Å². The third-order valence-corrected chi connectivity index (χ3v) is 4.42. The van der Waals surface area contributed by atoms with Gasteiger partial charge in [-0.25, -0.2) is 0 Å². The first kappa shape index (κ1) is 21.8. The molecule has 1 fully saturated rings. The van der Waals surface area contributed by atoms with Gasteiger partial charge in [-0.1, -0.05) is 65.8 Å². The van der Waals surface area contributed by atoms with Crippen molar-refractivity contribution in [2.45, 2.75) is 66.2 Å². The molecule has 0 aliphatic carbocycles. The van der Waals surface area contributed by atoms with E-state index in [2.05, 4.69) is 56.9 Å². The Morgan fingerprint density at radius 2 is 1.55 bits per heavy atom. The Kier molecular flexibility index (Phi) is 9.70. The molecular weight excluding hydrogens is 305 g/mol. The molecule has 1 aliphatic rings. The molecule has 0 aromatic heterocycles. The fourth-order valence-electron chi connectivity index (χ4n) is 3.19. The van der Waals surface area contributed by atoms with Crippen LogP contribution in [0.1, 0.15) is 65.5 Å². The molecule has 1 heterocycles. The van der Waals surface area contributed by atoms with Crippen LogP contribution < -0.4 is 0 Å². The molecule has 1 saturated heterocycles. The molecule has 1 aromatic rings. The summed E-state index contributed by atoms with van der Waals surface area (Å²) in [6.07, 6.45) is 5.43. The molecule has 0 bridgehead atoms. The first-order valence-corrected chi connectivity index (χ1v) is 8.27. The average molecular weight is 340 g/mol. The number of hydrogen-bond acceptors (Lipinski definition) is 1. The Bertz CT molecular complexity index is 399. The minimum absolute atomic E-state index is 0. The minimum atomic E-state index is 0. The Hall–Kier alpha value is -0.236. The summed E-state index contributed by atoms with van der Waals surface area (Å²) in [5, 5.41) is 0. The van der Waals surface area contributed by atoms with E-state index in [9.17, 15) is 0 Å². The predicted molar refractivity (Wildman–Crippen MR) is 95.0 cm³/mol. The van der Waals surface area contributed by atoms with Gasteiger partial charge < -0.3 is 4.90 Å². The summed E-state index contributed by atoms with van der Waals surface area (Å²) < 4.78 is 0. The quantitative estimate of drug-likeness (QED) is 0.720. The molecule has 125 valence electrons. The number of hydrogen-bond donors (Lipinski definition) is 0. The minimum Gasteiger partial charge on any atom is -0.303 e. The summed E-state index contributed by atoms with van der Waals surface area (Å²) in [6.45, 7) is 13.1. The first-order valence-electron chi connectivity index (χ1n) is 8.27. The smallest absolute Gasteiger partial charge is 0.00102 e. The third-order valence-electron chi connectivity index (χ3n) is 4.42. The van der Waals surface area contributed by atoms with Crippen molar-refractivity contribution in [1.82, 2.24) is 4.90 Å². The molecule has 1 aromatic carbocycles. The molecule has 2 rings (SSSR count). The van der Waals surface area contributed by atoms with Crippen molar-refractivity contribution < 1.29 is 18.6 Å². The summed E-state index contributed by atoms with van der Waals surface area (Å²) in [5.74, 6) is 0.758. The van der Waals surface area contributed by atoms with Crippen LogP contribution in [0.3, 0.4) is 0 Å². The molecule has 1 atom stereocenters. The Morgan fingerprint density at radius 3 is 2.05 bits per heavy atom. The van der Waals surface area contributed by atoms with Gasteiger partial charge in [0.2, 0.25) is 0 Å². The summed E-state index contributed by atoms with van der Waals surface area (Å²) in [7, 11) is 0. The van der Waals surface area contributed by atoms with Gasteiger partial charge in [0.25, 0.3) is 0 Å². The standard InChI is InChI=1S/C19H31N.CH4.V/c1-16(15-20-12-6-5-7-13-20)14-17-8-10-18(11-9-17)19(2,3)4;;/h8-11,16H,5-7,12-15H2,1-4H3;1H4;. The fourth-order valence-corrected chi connectivity index (χ4v) is 3.19. The van der Waals surface area contributed by atoms with Gasteiger partial charge in [-0.05, 0) is 54.8 Å². The summed E-state index contributed by atoms with van der Waals surface area (Å²) in [6, 6.07) is 9.27. The van der Waals surface area contributed by atoms with Crippen molar-refractivity contribution in [2.24, 2.45) is 5.92 Å². The zero-order chi connectivity index (χ0) is 14.6. The van der Waals surface area contributed by atoms with Gasteiger partial charge in [-0.3, -0.25) is 0 Å². The van der Waals surface area contributed by atoms with Crippen LogP contribution in [0.5, 0.6) is 0 Å². The molecule has 0 amide bonds. The van der Waals surface area contributed by atoms with Crippen LogP contribution in [-0.4, -0.2) is 24.5 Å². The topological polar surface area (TPSA) is 3.24 Å². The van der Waals surface area contributed by atoms with Gasteiger partial charge in [-0.2, -0.15) is 0 Å². The van der Waals surface area contributed by atoms with E-state index in [1.807, 2.05) is 0 Å². The van der Waals surface area contributed by atoms with Crippen LogP contribution in [-0.2, 0) is 30.4 Å². The van der Waals surface area contributed by atoms with E-state index in [0.29, 0.717) is 0 Å². The summed E-state index contributed by atoms with van der Waals surface area (Å²) >= 11 is 0. The second-order valence-electron chi connectivity index (χ2n) is 7.62. The van der Waals surface area contributed by atoms with E-state index in [1.54, 1.807) is 0 Å². The zero-order valence-electron chi connectivity index (χ0n) is 14.2. The van der Waals surface area contributed by atoms with Gasteiger partial charge in [0, 0.05) is 25.1 Å². The van der Waals surface area contributed by atoms with E-state index >= 15 is 0 Å². The van der Waals surface area contributed by atoms with E-state index in [0.717, 1.165) is 5.92 Å². The molecule has 0 N–H and O–H groups in total. The van der Waals surface area contributed by atoms with E-state index < -0.39 is 0 Å². The monoisotopic (exact) mass is 340 g/mol. The Labute approximate surface area is 150 Å². The molecule has 22 heavy (non-hydrogen) atoms. The van der Waals surface area contributed by atoms with Crippen molar-refractivity contribution >= 4 is 0 Å². The fraction of sp³-hybridized carbons (Fsp3) is 0.700. The molecule has 1 radical (unpaired) electrons. The predicted octanol–water partition coefficient (Wildman–Crippen LogP) is 5.28. The number of piperidine rings is 1. The number of rotatable bonds is 4. The number of nitrogens with zero attached hydrogens (tertiary/aromatic N) is 1. The Morgan fingerprint density at radius 1 is 1.00 bits per heavy atom. The van der Waals surface area contributed by atoms with E-state index in [4.69, 9.17) is 0 Å². The van der Waals surface area contributed by atoms with Gasteiger partial charge in [-0.15, -0.1) is 0 Å². The summed E-state index contributed by atoms with van der Waals surface area (Å²) in [4.78, 5) is 2.65. The molecule has 0 saturated carbocycles. The largest absolute Gasteiger partial charge is 0.303 e. The molecule has 1 unspecified atom stereocenters. The van der Waals surface area contributed by atoms with Crippen molar-refractivity contribution in [1.29, 1.82) is 0 Å². The van der Waals surface area contributed by atoms with Crippen LogP contribution in [0, 0.1) is 5.92 Å². The molecular formula is C20H35NV. The molecule has 0 spiro atoms. The van der Waals surface area contributed by atoms with Crippen LogP contribution in [0.15, 0.2) is 24.3 Å². The normalized spacial score (nSPS) is 17.3. The van der Waals surface area contributed by atoms with Gasteiger partial charge in [0.15, 0.2) is 0 Å². The second kappa shape index (κ2) is 9.80. The van der Waals surface area contributed by atoms with Crippen molar-refractivity contribution in [2.75, 3.05) is 19.6 Å². The Balaban J connectivity index is 0.00000220.